The van der Waals surface area contributed by atoms with Gasteiger partial charge in [-0.3, -0.25) is 19.3 Å². The molecule has 222 valence electrons. The Morgan fingerprint density at radius 3 is 1.95 bits per heavy atom. The summed E-state index contributed by atoms with van der Waals surface area (Å²) in [5.41, 5.74) is 4.12. The number of benzene rings is 1. The number of allylic oxidation sites excluding steroid dienone is 5. The van der Waals surface area contributed by atoms with Crippen LogP contribution in [0, 0.1) is 0 Å². The van der Waals surface area contributed by atoms with Crippen LogP contribution in [0.1, 0.15) is 86.9 Å². The first-order valence-electron chi connectivity index (χ1n) is 13.7. The van der Waals surface area contributed by atoms with Crippen LogP contribution < -0.4 is 5.32 Å². The van der Waals surface area contributed by atoms with E-state index in [1.165, 1.54) is 40.6 Å². The van der Waals surface area contributed by atoms with E-state index in [0.717, 1.165) is 25.7 Å². The Balaban J connectivity index is 1.81. The summed E-state index contributed by atoms with van der Waals surface area (Å²) in [6.07, 6.45) is 9.79. The van der Waals surface area contributed by atoms with Gasteiger partial charge in [-0.25, -0.2) is 9.59 Å². The number of hydrogen-bond donors (Lipinski definition) is 3. The fourth-order valence-corrected chi connectivity index (χ4v) is 5.29. The van der Waals surface area contributed by atoms with Crippen LogP contribution in [-0.2, 0) is 14.4 Å². The summed E-state index contributed by atoms with van der Waals surface area (Å²) in [7, 11) is 0. The number of carbonyl (C=O) groups is 5. The van der Waals surface area contributed by atoms with E-state index < -0.39 is 41.7 Å². The van der Waals surface area contributed by atoms with Crippen LogP contribution >= 0.6 is 11.8 Å². The lowest BCUT2D eigenvalue weighted by molar-refractivity contribution is -0.143. The van der Waals surface area contributed by atoms with Crippen molar-refractivity contribution in [3.63, 3.8) is 0 Å². The van der Waals surface area contributed by atoms with Crippen molar-refractivity contribution in [1.82, 2.24) is 10.2 Å². The summed E-state index contributed by atoms with van der Waals surface area (Å²) in [5.74, 6) is -4.02. The largest absolute Gasteiger partial charge is 0.480 e. The minimum atomic E-state index is -1.55. The van der Waals surface area contributed by atoms with Crippen LogP contribution in [-0.4, -0.2) is 68.4 Å². The molecule has 9 nitrogen and oxygen atoms in total. The first-order valence-corrected chi connectivity index (χ1v) is 14.8. The maximum Gasteiger partial charge on any atom is 0.327 e. The number of fused-ring (bicyclic) bond motifs is 1. The number of thioether (sulfide) groups is 1. The summed E-state index contributed by atoms with van der Waals surface area (Å²) in [4.78, 5) is 62.1. The molecule has 1 aromatic carbocycles. The first kappa shape index (κ1) is 33.5. The number of carboxylic acids is 2. The molecule has 0 bridgehead atoms. The number of carbonyl (C=O) groups excluding carboxylic acids is 3. The Hall–Kier alpha value is -3.66. The smallest absolute Gasteiger partial charge is 0.327 e. The molecule has 0 fully saturated rings. The number of carboxylic acid groups (broad SMARTS) is 2. The second-order valence-corrected chi connectivity index (χ2v) is 11.4. The summed E-state index contributed by atoms with van der Waals surface area (Å²) in [6, 6.07) is 3.33. The molecule has 0 spiro atoms. The molecular weight excluding hydrogens is 544 g/mol. The molecule has 41 heavy (non-hydrogen) atoms. The SMILES string of the molecule is CC(C)=CCC/C(C)=C/CC/C(C)=C/CSC[C@H](NC(=O)CC[C@@H](C(=O)O)N1C(=O)c2ccccc2C1=O)C(=O)O. The van der Waals surface area contributed by atoms with Crippen LogP contribution in [0.4, 0.5) is 0 Å². The van der Waals surface area contributed by atoms with Gasteiger partial charge >= 0.3 is 11.9 Å². The number of aliphatic carboxylic acids is 2. The Bertz CT molecular complexity index is 1200. The summed E-state index contributed by atoms with van der Waals surface area (Å²) in [5, 5.41) is 21.6. The maximum atomic E-state index is 12.7. The molecule has 2 atom stereocenters. The minimum absolute atomic E-state index is 0.113. The average molecular weight is 585 g/mol. The van der Waals surface area contributed by atoms with Crippen LogP contribution in [0.3, 0.4) is 0 Å². The second-order valence-electron chi connectivity index (χ2n) is 10.4. The van der Waals surface area contributed by atoms with Crippen LogP contribution in [0.2, 0.25) is 0 Å². The lowest BCUT2D eigenvalue weighted by Gasteiger charge is -2.22. The Morgan fingerprint density at radius 2 is 1.41 bits per heavy atom. The van der Waals surface area contributed by atoms with Gasteiger partial charge in [0, 0.05) is 17.9 Å². The molecule has 0 saturated carbocycles. The van der Waals surface area contributed by atoms with Gasteiger partial charge in [0.15, 0.2) is 0 Å². The third kappa shape index (κ3) is 10.7. The van der Waals surface area contributed by atoms with E-state index in [1.807, 2.05) is 6.92 Å². The fraction of sp³-hybridized carbons (Fsp3) is 0.452. The molecule has 3 N–H and O–H groups in total. The van der Waals surface area contributed by atoms with E-state index in [4.69, 9.17) is 0 Å². The van der Waals surface area contributed by atoms with Crippen molar-refractivity contribution in [3.8, 4) is 0 Å². The topological polar surface area (TPSA) is 141 Å². The molecule has 1 aliphatic rings. The van der Waals surface area contributed by atoms with Crippen molar-refractivity contribution in [1.29, 1.82) is 0 Å². The molecule has 3 amide bonds. The third-order valence-corrected chi connectivity index (χ3v) is 7.63. The molecule has 0 unspecified atom stereocenters. The average Bonchev–Trinajstić information content (AvgIpc) is 3.15. The molecule has 0 radical (unpaired) electrons. The molecule has 0 saturated heterocycles. The number of nitrogens with one attached hydrogen (secondary N) is 1. The number of amides is 3. The standard InChI is InChI=1S/C31H40N2O7S/c1-20(2)9-7-10-21(3)11-8-12-22(4)17-18-41-19-25(30(37)38)32-27(34)16-15-26(31(39)40)33-28(35)23-13-5-6-14-24(23)29(33)36/h5-6,9,11,13-14,17,25-26H,7-8,10,12,15-16,18-19H2,1-4H3,(H,32,34)(H,37,38)(H,39,40)/b21-11+,22-17+/t25-,26-/m0/s1. The molecule has 0 aliphatic carbocycles. The van der Waals surface area contributed by atoms with Crippen molar-refractivity contribution < 1.29 is 34.2 Å². The van der Waals surface area contributed by atoms with E-state index in [1.54, 1.807) is 12.1 Å². The lowest BCUT2D eigenvalue weighted by Crippen LogP contribution is -2.46. The molecule has 1 heterocycles. The van der Waals surface area contributed by atoms with Crippen LogP contribution in [0.15, 0.2) is 59.2 Å². The van der Waals surface area contributed by atoms with Gasteiger partial charge in [0.25, 0.3) is 11.8 Å². The van der Waals surface area contributed by atoms with Gasteiger partial charge in [0.2, 0.25) is 5.91 Å². The van der Waals surface area contributed by atoms with E-state index in [2.05, 4.69) is 44.3 Å². The quantitative estimate of drug-likeness (QED) is 0.128. The van der Waals surface area contributed by atoms with Crippen LogP contribution in [0.25, 0.3) is 0 Å². The zero-order chi connectivity index (χ0) is 30.5. The second kappa shape index (κ2) is 16.6. The molecule has 0 aromatic heterocycles. The number of hydrogen-bond acceptors (Lipinski definition) is 6. The van der Waals surface area contributed by atoms with Crippen molar-refractivity contribution in [3.05, 3.63) is 70.3 Å². The van der Waals surface area contributed by atoms with Crippen molar-refractivity contribution >= 4 is 41.4 Å². The highest BCUT2D eigenvalue weighted by Crippen LogP contribution is 2.26. The van der Waals surface area contributed by atoms with Crippen molar-refractivity contribution in [2.45, 2.75) is 78.3 Å². The van der Waals surface area contributed by atoms with E-state index in [9.17, 15) is 34.2 Å². The Morgan fingerprint density at radius 1 is 0.854 bits per heavy atom. The van der Waals surface area contributed by atoms with Crippen molar-refractivity contribution in [2.24, 2.45) is 0 Å². The van der Waals surface area contributed by atoms with Crippen LogP contribution in [0.5, 0.6) is 0 Å². The Kier molecular flexibility index (Phi) is 13.6. The normalized spacial score (nSPS) is 14.9. The first-order chi connectivity index (χ1) is 19.4. The predicted octanol–water partition coefficient (Wildman–Crippen LogP) is 5.24. The van der Waals surface area contributed by atoms with Gasteiger partial charge in [0.05, 0.1) is 11.1 Å². The highest BCUT2D eigenvalue weighted by molar-refractivity contribution is 7.99. The lowest BCUT2D eigenvalue weighted by atomic mass is 10.1. The summed E-state index contributed by atoms with van der Waals surface area (Å²) >= 11 is 1.37. The molecule has 1 aromatic rings. The van der Waals surface area contributed by atoms with Gasteiger partial charge < -0.3 is 15.5 Å². The van der Waals surface area contributed by atoms with Crippen molar-refractivity contribution in [2.75, 3.05) is 11.5 Å². The summed E-state index contributed by atoms with van der Waals surface area (Å²) < 4.78 is 0. The minimum Gasteiger partial charge on any atom is -0.480 e. The highest BCUT2D eigenvalue weighted by atomic mass is 32.2. The van der Waals surface area contributed by atoms with Gasteiger partial charge in [-0.15, -0.1) is 0 Å². The predicted molar refractivity (Wildman–Crippen MR) is 160 cm³/mol. The maximum absolute atomic E-state index is 12.7. The molecule has 10 heteroatoms. The van der Waals surface area contributed by atoms with E-state index >= 15 is 0 Å². The van der Waals surface area contributed by atoms with Gasteiger partial charge in [-0.05, 0) is 71.9 Å². The monoisotopic (exact) mass is 584 g/mol. The van der Waals surface area contributed by atoms with E-state index in [0.29, 0.717) is 10.7 Å². The summed E-state index contributed by atoms with van der Waals surface area (Å²) in [6.45, 7) is 8.37. The number of imide groups is 1. The molecule has 1 aliphatic heterocycles. The van der Waals surface area contributed by atoms with Gasteiger partial charge in [-0.2, -0.15) is 11.8 Å². The highest BCUT2D eigenvalue weighted by Gasteiger charge is 2.42. The Labute approximate surface area is 245 Å². The van der Waals surface area contributed by atoms with Gasteiger partial charge in [-0.1, -0.05) is 47.1 Å². The molecular formula is C31H40N2O7S. The zero-order valence-electron chi connectivity index (χ0n) is 24.1. The van der Waals surface area contributed by atoms with Gasteiger partial charge in [0.1, 0.15) is 12.1 Å². The molecule has 2 rings (SSSR count). The number of nitrogens with zero attached hydrogens (tertiary/aromatic N) is 1. The fourth-order valence-electron chi connectivity index (χ4n) is 4.29. The third-order valence-electron chi connectivity index (χ3n) is 6.66. The number of rotatable bonds is 17. The van der Waals surface area contributed by atoms with E-state index in [-0.39, 0.29) is 29.7 Å². The zero-order valence-corrected chi connectivity index (χ0v) is 25.0.